The van der Waals surface area contributed by atoms with Gasteiger partial charge in [0.2, 0.25) is 11.8 Å². The largest absolute Gasteiger partial charge is 0.370 e. The number of hydrazone groups is 1. The lowest BCUT2D eigenvalue weighted by Gasteiger charge is -2.26. The van der Waals surface area contributed by atoms with E-state index in [9.17, 15) is 9.59 Å². The van der Waals surface area contributed by atoms with Crippen LogP contribution < -0.4 is 15.6 Å². The monoisotopic (exact) mass is 316 g/mol. The number of hydrogen-bond acceptors (Lipinski definition) is 4. The summed E-state index contributed by atoms with van der Waals surface area (Å²) < 4.78 is 0. The van der Waals surface area contributed by atoms with Crippen molar-refractivity contribution in [3.63, 3.8) is 0 Å². The maximum Gasteiger partial charge on any atom is 0.240 e. The summed E-state index contributed by atoms with van der Waals surface area (Å²) in [5.74, 6) is -0.126. The zero-order valence-electron chi connectivity index (χ0n) is 14.1. The predicted octanol–water partition coefficient (Wildman–Crippen LogP) is 2.35. The third kappa shape index (κ3) is 3.88. The first-order chi connectivity index (χ1) is 11.0. The lowest BCUT2D eigenvalue weighted by atomic mass is 9.93. The van der Waals surface area contributed by atoms with Gasteiger partial charge in [-0.15, -0.1) is 0 Å². The molecule has 1 atom stereocenters. The highest BCUT2D eigenvalue weighted by atomic mass is 16.2. The van der Waals surface area contributed by atoms with E-state index in [1.807, 2.05) is 25.1 Å². The van der Waals surface area contributed by atoms with Crippen molar-refractivity contribution in [2.75, 3.05) is 23.3 Å². The number of carbonyl (C=O) groups is 2. The van der Waals surface area contributed by atoms with Gasteiger partial charge in [-0.05, 0) is 26.0 Å². The van der Waals surface area contributed by atoms with Gasteiger partial charge >= 0.3 is 0 Å². The Hall–Kier alpha value is -2.37. The summed E-state index contributed by atoms with van der Waals surface area (Å²) >= 11 is 0. The quantitative estimate of drug-likeness (QED) is 0.875. The minimum absolute atomic E-state index is 0.0493. The Morgan fingerprint density at radius 2 is 2.09 bits per heavy atom. The molecule has 0 aliphatic carbocycles. The maximum atomic E-state index is 11.5. The standard InChI is InChI=1S/C17H24N4O2/c1-5-21(6-2)15-8-7-13(10-14(15)18-12(4)22)17-11(3)9-16(23)19-20-17/h7-8,10-11H,5-6,9H2,1-4H3,(H,18,22)(H,19,23)/t11-/m1/s1. The molecule has 1 heterocycles. The van der Waals surface area contributed by atoms with E-state index in [2.05, 4.69) is 34.6 Å². The van der Waals surface area contributed by atoms with Crippen molar-refractivity contribution in [1.29, 1.82) is 0 Å². The zero-order valence-corrected chi connectivity index (χ0v) is 14.1. The van der Waals surface area contributed by atoms with Crippen molar-refractivity contribution < 1.29 is 9.59 Å². The first-order valence-corrected chi connectivity index (χ1v) is 7.99. The van der Waals surface area contributed by atoms with Gasteiger partial charge in [-0.3, -0.25) is 9.59 Å². The number of carbonyl (C=O) groups excluding carboxylic acids is 2. The van der Waals surface area contributed by atoms with Crippen molar-refractivity contribution in [2.24, 2.45) is 11.0 Å². The van der Waals surface area contributed by atoms with Gasteiger partial charge in [0.05, 0.1) is 17.1 Å². The third-order valence-corrected chi connectivity index (χ3v) is 3.97. The van der Waals surface area contributed by atoms with Crippen LogP contribution in [-0.2, 0) is 9.59 Å². The molecule has 0 fully saturated rings. The van der Waals surface area contributed by atoms with Gasteiger partial charge < -0.3 is 10.2 Å². The summed E-state index contributed by atoms with van der Waals surface area (Å²) in [5, 5.41) is 7.09. The Bertz CT molecular complexity index is 635. The van der Waals surface area contributed by atoms with E-state index >= 15 is 0 Å². The fourth-order valence-electron chi connectivity index (χ4n) is 2.83. The summed E-state index contributed by atoms with van der Waals surface area (Å²) in [5.41, 5.74) is 6.04. The molecule has 2 amide bonds. The highest BCUT2D eigenvalue weighted by molar-refractivity contribution is 6.07. The molecule has 1 aromatic rings. The SMILES string of the molecule is CCN(CC)c1ccc(C2=NNC(=O)C[C@H]2C)cc1NC(C)=O. The van der Waals surface area contributed by atoms with Crippen LogP contribution in [0.1, 0.15) is 39.7 Å². The molecular weight excluding hydrogens is 292 g/mol. The topological polar surface area (TPSA) is 73.8 Å². The van der Waals surface area contributed by atoms with Crippen molar-refractivity contribution in [1.82, 2.24) is 5.43 Å². The van der Waals surface area contributed by atoms with Crippen LogP contribution in [0, 0.1) is 5.92 Å². The van der Waals surface area contributed by atoms with Crippen LogP contribution >= 0.6 is 0 Å². The highest BCUT2D eigenvalue weighted by Gasteiger charge is 2.22. The first-order valence-electron chi connectivity index (χ1n) is 7.99. The minimum Gasteiger partial charge on any atom is -0.370 e. The number of rotatable bonds is 5. The zero-order chi connectivity index (χ0) is 17.0. The molecule has 6 heteroatoms. The molecule has 0 aromatic heterocycles. The number of nitrogens with zero attached hydrogens (tertiary/aromatic N) is 2. The molecule has 1 aliphatic rings. The van der Waals surface area contributed by atoms with Crippen LogP contribution in [0.15, 0.2) is 23.3 Å². The van der Waals surface area contributed by atoms with Crippen LogP contribution in [0.25, 0.3) is 0 Å². The van der Waals surface area contributed by atoms with E-state index in [-0.39, 0.29) is 17.7 Å². The van der Waals surface area contributed by atoms with Crippen molar-refractivity contribution in [3.8, 4) is 0 Å². The molecule has 23 heavy (non-hydrogen) atoms. The molecule has 0 saturated heterocycles. The van der Waals surface area contributed by atoms with Crippen molar-refractivity contribution >= 4 is 28.9 Å². The van der Waals surface area contributed by atoms with Crippen LogP contribution in [-0.4, -0.2) is 30.6 Å². The molecule has 2 rings (SSSR count). The molecular formula is C17H24N4O2. The van der Waals surface area contributed by atoms with E-state index in [0.29, 0.717) is 6.42 Å². The number of hydrogen-bond donors (Lipinski definition) is 2. The van der Waals surface area contributed by atoms with Gasteiger partial charge in [-0.2, -0.15) is 5.10 Å². The number of nitrogens with one attached hydrogen (secondary N) is 2. The Balaban J connectivity index is 2.43. The fraction of sp³-hybridized carbons (Fsp3) is 0.471. The molecule has 0 saturated carbocycles. The average Bonchev–Trinajstić information content (AvgIpc) is 2.49. The van der Waals surface area contributed by atoms with Gasteiger partial charge in [-0.1, -0.05) is 13.0 Å². The summed E-state index contributed by atoms with van der Waals surface area (Å²) in [6, 6.07) is 5.92. The van der Waals surface area contributed by atoms with E-state index in [1.165, 1.54) is 6.92 Å². The molecule has 124 valence electrons. The van der Waals surface area contributed by atoms with Gasteiger partial charge in [-0.25, -0.2) is 5.43 Å². The smallest absolute Gasteiger partial charge is 0.240 e. The summed E-state index contributed by atoms with van der Waals surface area (Å²) in [4.78, 5) is 25.1. The van der Waals surface area contributed by atoms with Gasteiger partial charge in [0, 0.05) is 37.9 Å². The van der Waals surface area contributed by atoms with Crippen LogP contribution in [0.3, 0.4) is 0 Å². The number of anilines is 2. The van der Waals surface area contributed by atoms with Gasteiger partial charge in [0.15, 0.2) is 0 Å². The average molecular weight is 316 g/mol. The lowest BCUT2D eigenvalue weighted by Crippen LogP contribution is -2.32. The van der Waals surface area contributed by atoms with Crippen LogP contribution in [0.4, 0.5) is 11.4 Å². The molecule has 0 bridgehead atoms. The van der Waals surface area contributed by atoms with E-state index in [0.717, 1.165) is 35.7 Å². The van der Waals surface area contributed by atoms with Crippen LogP contribution in [0.2, 0.25) is 0 Å². The van der Waals surface area contributed by atoms with Crippen molar-refractivity contribution in [2.45, 2.75) is 34.1 Å². The minimum atomic E-state index is -0.109. The molecule has 2 N–H and O–H groups in total. The normalized spacial score (nSPS) is 17.3. The van der Waals surface area contributed by atoms with Crippen LogP contribution in [0.5, 0.6) is 0 Å². The molecule has 1 aromatic carbocycles. The summed E-state index contributed by atoms with van der Waals surface area (Å²) in [7, 11) is 0. The second kappa shape index (κ2) is 7.26. The number of amides is 2. The highest BCUT2D eigenvalue weighted by Crippen LogP contribution is 2.29. The Morgan fingerprint density at radius 3 is 2.65 bits per heavy atom. The first kappa shape index (κ1) is 17.0. The molecule has 0 unspecified atom stereocenters. The van der Waals surface area contributed by atoms with E-state index in [1.54, 1.807) is 0 Å². The summed E-state index contributed by atoms with van der Waals surface area (Å²) in [6.45, 7) is 9.36. The molecule has 1 aliphatic heterocycles. The van der Waals surface area contributed by atoms with Gasteiger partial charge in [0.25, 0.3) is 0 Å². The van der Waals surface area contributed by atoms with Gasteiger partial charge in [0.1, 0.15) is 0 Å². The molecule has 0 spiro atoms. The van der Waals surface area contributed by atoms with E-state index in [4.69, 9.17) is 0 Å². The molecule has 6 nitrogen and oxygen atoms in total. The predicted molar refractivity (Wildman–Crippen MR) is 92.8 cm³/mol. The maximum absolute atomic E-state index is 11.5. The molecule has 0 radical (unpaired) electrons. The fourth-order valence-corrected chi connectivity index (χ4v) is 2.83. The Kier molecular flexibility index (Phi) is 5.36. The Morgan fingerprint density at radius 1 is 1.39 bits per heavy atom. The van der Waals surface area contributed by atoms with Crippen molar-refractivity contribution in [3.05, 3.63) is 23.8 Å². The Labute approximate surface area is 136 Å². The summed E-state index contributed by atoms with van der Waals surface area (Å²) in [6.07, 6.45) is 0.423. The second-order valence-electron chi connectivity index (χ2n) is 5.72. The van der Waals surface area contributed by atoms with E-state index < -0.39 is 0 Å². The third-order valence-electron chi connectivity index (χ3n) is 3.97. The number of benzene rings is 1. The second-order valence-corrected chi connectivity index (χ2v) is 5.72. The lowest BCUT2D eigenvalue weighted by molar-refractivity contribution is -0.122.